The topological polar surface area (TPSA) is 108 Å². The summed E-state index contributed by atoms with van der Waals surface area (Å²) < 4.78 is 6.41. The van der Waals surface area contributed by atoms with Gasteiger partial charge >= 0.3 is 0 Å². The first-order valence-electron chi connectivity index (χ1n) is 12.6. The number of amides is 3. The average molecular weight is 480 g/mol. The van der Waals surface area contributed by atoms with E-state index >= 15 is 0 Å². The summed E-state index contributed by atoms with van der Waals surface area (Å²) in [5.74, 6) is -2.17. The highest BCUT2D eigenvalue weighted by molar-refractivity contribution is 6.04. The molecule has 3 amide bonds. The van der Waals surface area contributed by atoms with Crippen molar-refractivity contribution in [1.29, 1.82) is 0 Å². The molecule has 2 aromatic rings. The number of anilines is 1. The van der Waals surface area contributed by atoms with Gasteiger partial charge in [0.15, 0.2) is 0 Å². The van der Waals surface area contributed by atoms with Crippen molar-refractivity contribution in [3.05, 3.63) is 42.5 Å². The summed E-state index contributed by atoms with van der Waals surface area (Å²) in [4.78, 5) is 42.3. The minimum Gasteiger partial charge on any atom is -0.394 e. The van der Waals surface area contributed by atoms with Gasteiger partial charge in [0.25, 0.3) is 0 Å². The van der Waals surface area contributed by atoms with Gasteiger partial charge in [0.1, 0.15) is 11.6 Å². The Morgan fingerprint density at radius 2 is 1.94 bits per heavy atom. The van der Waals surface area contributed by atoms with Gasteiger partial charge in [0, 0.05) is 12.2 Å². The molecular weight excluding hydrogens is 446 g/mol. The number of benzene rings is 2. The molecule has 3 saturated heterocycles. The van der Waals surface area contributed by atoms with Gasteiger partial charge in [-0.3, -0.25) is 14.4 Å². The lowest BCUT2D eigenvalue weighted by molar-refractivity contribution is -0.144. The zero-order valence-electron chi connectivity index (χ0n) is 20.2. The molecule has 3 N–H and O–H groups in total. The predicted octanol–water partition coefficient (Wildman–Crippen LogP) is 2.45. The Labute approximate surface area is 205 Å². The van der Waals surface area contributed by atoms with Gasteiger partial charge in [0.2, 0.25) is 17.7 Å². The summed E-state index contributed by atoms with van der Waals surface area (Å²) >= 11 is 0. The molecule has 2 bridgehead atoms. The SMILES string of the molecule is CCCNC(=O)[C@@H]1[C@@H]2CCC3(O2)C(C(=O)Nc2ccc4ccccc4c2)N([C@@H](CC)CO)C(=O)[C@H]13. The van der Waals surface area contributed by atoms with Crippen LogP contribution in [0.15, 0.2) is 42.5 Å². The van der Waals surface area contributed by atoms with Crippen molar-refractivity contribution < 1.29 is 24.2 Å². The lowest BCUT2D eigenvalue weighted by Crippen LogP contribution is -2.56. The van der Waals surface area contributed by atoms with Crippen LogP contribution in [0.25, 0.3) is 10.8 Å². The summed E-state index contributed by atoms with van der Waals surface area (Å²) in [6.07, 6.45) is 2.05. The van der Waals surface area contributed by atoms with Crippen LogP contribution in [0.1, 0.15) is 39.5 Å². The smallest absolute Gasteiger partial charge is 0.250 e. The van der Waals surface area contributed by atoms with Crippen LogP contribution in [-0.4, -0.2) is 64.7 Å². The molecule has 35 heavy (non-hydrogen) atoms. The number of aliphatic hydroxyl groups excluding tert-OH is 1. The summed E-state index contributed by atoms with van der Waals surface area (Å²) in [5.41, 5.74) is -0.442. The van der Waals surface area contributed by atoms with Crippen LogP contribution in [0.3, 0.4) is 0 Å². The highest BCUT2D eigenvalue weighted by Crippen LogP contribution is 2.59. The molecule has 8 nitrogen and oxygen atoms in total. The molecule has 3 heterocycles. The number of carbonyl (C=O) groups is 3. The fourth-order valence-electron chi connectivity index (χ4n) is 6.34. The zero-order chi connectivity index (χ0) is 24.7. The molecule has 2 unspecified atom stereocenters. The number of aliphatic hydroxyl groups is 1. The maximum atomic E-state index is 13.8. The van der Waals surface area contributed by atoms with Crippen molar-refractivity contribution in [2.24, 2.45) is 11.8 Å². The Hall–Kier alpha value is -2.97. The summed E-state index contributed by atoms with van der Waals surface area (Å²) in [6.45, 7) is 4.12. The van der Waals surface area contributed by atoms with Crippen molar-refractivity contribution in [2.45, 2.75) is 63.3 Å². The predicted molar refractivity (Wildman–Crippen MR) is 131 cm³/mol. The molecule has 0 saturated carbocycles. The van der Waals surface area contributed by atoms with E-state index in [9.17, 15) is 19.5 Å². The van der Waals surface area contributed by atoms with E-state index in [0.717, 1.165) is 17.2 Å². The van der Waals surface area contributed by atoms with Crippen LogP contribution < -0.4 is 10.6 Å². The number of likely N-dealkylation sites (tertiary alicyclic amines) is 1. The van der Waals surface area contributed by atoms with Crippen molar-refractivity contribution in [3.8, 4) is 0 Å². The monoisotopic (exact) mass is 479 g/mol. The lowest BCUT2D eigenvalue weighted by atomic mass is 9.70. The summed E-state index contributed by atoms with van der Waals surface area (Å²) in [5, 5.41) is 18.1. The van der Waals surface area contributed by atoms with E-state index in [0.29, 0.717) is 31.5 Å². The number of ether oxygens (including phenoxy) is 1. The van der Waals surface area contributed by atoms with Crippen molar-refractivity contribution in [3.63, 3.8) is 0 Å². The van der Waals surface area contributed by atoms with Crippen LogP contribution in [0.4, 0.5) is 5.69 Å². The van der Waals surface area contributed by atoms with Crippen LogP contribution in [0.2, 0.25) is 0 Å². The van der Waals surface area contributed by atoms with Gasteiger partial charge in [-0.2, -0.15) is 0 Å². The molecular formula is C27H33N3O5. The molecule has 0 aromatic heterocycles. The van der Waals surface area contributed by atoms with Gasteiger partial charge < -0.3 is 25.4 Å². The van der Waals surface area contributed by atoms with Crippen molar-refractivity contribution in [1.82, 2.24) is 10.2 Å². The van der Waals surface area contributed by atoms with E-state index in [2.05, 4.69) is 10.6 Å². The summed E-state index contributed by atoms with van der Waals surface area (Å²) in [7, 11) is 0. The maximum Gasteiger partial charge on any atom is 0.250 e. The number of rotatable bonds is 8. The van der Waals surface area contributed by atoms with Gasteiger partial charge in [-0.15, -0.1) is 0 Å². The van der Waals surface area contributed by atoms with Gasteiger partial charge in [-0.25, -0.2) is 0 Å². The third-order valence-corrected chi connectivity index (χ3v) is 7.93. The van der Waals surface area contributed by atoms with E-state index < -0.39 is 29.5 Å². The molecule has 186 valence electrons. The Bertz CT molecular complexity index is 1150. The fourth-order valence-corrected chi connectivity index (χ4v) is 6.34. The lowest BCUT2D eigenvalue weighted by Gasteiger charge is -2.36. The molecule has 0 radical (unpaired) electrons. The van der Waals surface area contributed by atoms with E-state index in [-0.39, 0.29) is 30.4 Å². The van der Waals surface area contributed by atoms with E-state index in [1.54, 1.807) is 0 Å². The summed E-state index contributed by atoms with van der Waals surface area (Å²) in [6, 6.07) is 12.1. The quantitative estimate of drug-likeness (QED) is 0.539. The fraction of sp³-hybridized carbons (Fsp3) is 0.519. The minimum atomic E-state index is -1.07. The molecule has 3 fully saturated rings. The number of nitrogens with one attached hydrogen (secondary N) is 2. The Kier molecular flexibility index (Phi) is 6.27. The molecule has 2 aromatic carbocycles. The number of fused-ring (bicyclic) bond motifs is 2. The van der Waals surface area contributed by atoms with E-state index in [1.165, 1.54) is 4.90 Å². The second kappa shape index (κ2) is 9.24. The highest BCUT2D eigenvalue weighted by atomic mass is 16.5. The van der Waals surface area contributed by atoms with Crippen molar-refractivity contribution >= 4 is 34.2 Å². The minimum absolute atomic E-state index is 0.190. The molecule has 3 aliphatic heterocycles. The first-order chi connectivity index (χ1) is 16.9. The standard InChI is InChI=1S/C27H33N3O5/c1-3-13-28-24(32)21-20-11-12-27(35-20)22(21)26(34)30(19(4-2)15-31)23(27)25(33)29-18-10-9-16-7-5-6-8-17(16)14-18/h5-10,14,19-23,31H,3-4,11-13,15H2,1-2H3,(H,28,32)(H,29,33)/t19-,20-,21+,22-,23?,27?/m0/s1. The highest BCUT2D eigenvalue weighted by Gasteiger charge is 2.74. The van der Waals surface area contributed by atoms with Crippen molar-refractivity contribution in [2.75, 3.05) is 18.5 Å². The Balaban J connectivity index is 1.50. The molecule has 6 atom stereocenters. The molecule has 8 heteroatoms. The zero-order valence-corrected chi connectivity index (χ0v) is 20.2. The first kappa shape index (κ1) is 23.8. The van der Waals surface area contributed by atoms with Gasteiger partial charge in [0.05, 0.1) is 30.6 Å². The number of hydrogen-bond donors (Lipinski definition) is 3. The second-order valence-corrected chi connectivity index (χ2v) is 9.89. The van der Waals surface area contributed by atoms with Gasteiger partial charge in [-0.1, -0.05) is 44.2 Å². The van der Waals surface area contributed by atoms with Crippen LogP contribution >= 0.6 is 0 Å². The number of carbonyl (C=O) groups excluding carboxylic acids is 3. The Morgan fingerprint density at radius 1 is 1.17 bits per heavy atom. The van der Waals surface area contributed by atoms with Crippen LogP contribution in [0, 0.1) is 11.8 Å². The normalized spacial score (nSPS) is 29.9. The second-order valence-electron chi connectivity index (χ2n) is 9.89. The van der Waals surface area contributed by atoms with Crippen LogP contribution in [0.5, 0.6) is 0 Å². The van der Waals surface area contributed by atoms with E-state index in [4.69, 9.17) is 4.74 Å². The molecule has 3 aliphatic rings. The van der Waals surface area contributed by atoms with Gasteiger partial charge in [-0.05, 0) is 48.6 Å². The molecule has 5 rings (SSSR count). The third-order valence-electron chi connectivity index (χ3n) is 7.93. The van der Waals surface area contributed by atoms with Crippen LogP contribution in [-0.2, 0) is 19.1 Å². The molecule has 1 spiro atoms. The number of nitrogens with zero attached hydrogens (tertiary/aromatic N) is 1. The van der Waals surface area contributed by atoms with E-state index in [1.807, 2.05) is 56.3 Å². The Morgan fingerprint density at radius 3 is 2.66 bits per heavy atom. The third kappa shape index (κ3) is 3.70. The molecule has 0 aliphatic carbocycles. The number of hydrogen-bond acceptors (Lipinski definition) is 5. The average Bonchev–Trinajstić information content (AvgIpc) is 3.51. The largest absolute Gasteiger partial charge is 0.394 e. The maximum absolute atomic E-state index is 13.8. The first-order valence-corrected chi connectivity index (χ1v) is 12.6.